The number of rotatable bonds is 4. The molecule has 0 spiro atoms. The summed E-state index contributed by atoms with van der Waals surface area (Å²) in [6.45, 7) is 0. The van der Waals surface area contributed by atoms with E-state index in [0.717, 1.165) is 11.3 Å². The molecule has 0 fully saturated rings. The molecule has 0 bridgehead atoms. The summed E-state index contributed by atoms with van der Waals surface area (Å²) in [4.78, 5) is 18.1. The SMILES string of the molecule is O=C(O)c1ncsc1S(=O)(=O)Nc1ccncc1. The molecule has 0 aliphatic carbocycles. The summed E-state index contributed by atoms with van der Waals surface area (Å²) < 4.78 is 25.9. The van der Waals surface area contributed by atoms with Crippen LogP contribution in [0.5, 0.6) is 0 Å². The first-order valence-electron chi connectivity index (χ1n) is 4.60. The fourth-order valence-electron chi connectivity index (χ4n) is 1.19. The van der Waals surface area contributed by atoms with E-state index >= 15 is 0 Å². The number of sulfonamides is 1. The number of carboxylic acid groups (broad SMARTS) is 1. The maximum Gasteiger partial charge on any atom is 0.356 e. The molecule has 0 atom stereocenters. The van der Waals surface area contributed by atoms with E-state index in [1.807, 2.05) is 0 Å². The number of aromatic carboxylic acids is 1. The zero-order chi connectivity index (χ0) is 13.2. The molecule has 0 radical (unpaired) electrons. The number of aromatic nitrogens is 2. The molecule has 0 saturated carbocycles. The summed E-state index contributed by atoms with van der Waals surface area (Å²) in [7, 11) is -3.95. The summed E-state index contributed by atoms with van der Waals surface area (Å²) in [6, 6.07) is 2.91. The van der Waals surface area contributed by atoms with Crippen LogP contribution in [0.1, 0.15) is 10.5 Å². The van der Waals surface area contributed by atoms with Gasteiger partial charge in [0, 0.05) is 12.4 Å². The second kappa shape index (κ2) is 4.70. The quantitative estimate of drug-likeness (QED) is 0.868. The third-order valence-electron chi connectivity index (χ3n) is 1.91. The monoisotopic (exact) mass is 285 g/mol. The van der Waals surface area contributed by atoms with Gasteiger partial charge >= 0.3 is 5.97 Å². The van der Waals surface area contributed by atoms with Crippen molar-refractivity contribution in [2.75, 3.05) is 4.72 Å². The Kier molecular flexibility index (Phi) is 3.26. The van der Waals surface area contributed by atoms with Crippen LogP contribution >= 0.6 is 11.3 Å². The Morgan fingerprint density at radius 1 is 1.33 bits per heavy atom. The van der Waals surface area contributed by atoms with Gasteiger partial charge in [0.1, 0.15) is 0 Å². The molecule has 0 aromatic carbocycles. The number of hydrogen-bond donors (Lipinski definition) is 2. The summed E-state index contributed by atoms with van der Waals surface area (Å²) in [6.07, 6.45) is 2.84. The van der Waals surface area contributed by atoms with E-state index in [9.17, 15) is 13.2 Å². The number of anilines is 1. The van der Waals surface area contributed by atoms with Crippen LogP contribution in [0, 0.1) is 0 Å². The van der Waals surface area contributed by atoms with Crippen LogP contribution in [-0.4, -0.2) is 29.5 Å². The first-order valence-corrected chi connectivity index (χ1v) is 6.96. The predicted molar refractivity (Wildman–Crippen MR) is 64.1 cm³/mol. The highest BCUT2D eigenvalue weighted by Crippen LogP contribution is 2.22. The van der Waals surface area contributed by atoms with Gasteiger partial charge < -0.3 is 5.11 Å². The molecule has 94 valence electrons. The van der Waals surface area contributed by atoms with Crippen LogP contribution in [0.3, 0.4) is 0 Å². The molecule has 2 rings (SSSR count). The third-order valence-corrected chi connectivity index (χ3v) is 4.67. The van der Waals surface area contributed by atoms with Gasteiger partial charge in [-0.2, -0.15) is 0 Å². The Morgan fingerprint density at radius 3 is 2.61 bits per heavy atom. The second-order valence-corrected chi connectivity index (χ2v) is 5.87. The van der Waals surface area contributed by atoms with E-state index in [-0.39, 0.29) is 4.21 Å². The molecule has 2 aromatic heterocycles. The number of hydrogen-bond acceptors (Lipinski definition) is 6. The van der Waals surface area contributed by atoms with Gasteiger partial charge in [-0.05, 0) is 12.1 Å². The Morgan fingerprint density at radius 2 is 2.00 bits per heavy atom. The zero-order valence-electron chi connectivity index (χ0n) is 8.77. The van der Waals surface area contributed by atoms with Gasteiger partial charge in [-0.25, -0.2) is 18.2 Å². The van der Waals surface area contributed by atoms with E-state index in [0.29, 0.717) is 5.69 Å². The van der Waals surface area contributed by atoms with Crippen molar-refractivity contribution >= 4 is 33.0 Å². The summed E-state index contributed by atoms with van der Waals surface area (Å²) in [5.41, 5.74) is 0.987. The van der Waals surface area contributed by atoms with E-state index < -0.39 is 21.7 Å². The lowest BCUT2D eigenvalue weighted by atomic mass is 10.4. The van der Waals surface area contributed by atoms with Crippen LogP contribution < -0.4 is 4.72 Å². The smallest absolute Gasteiger partial charge is 0.356 e. The highest BCUT2D eigenvalue weighted by Gasteiger charge is 2.25. The van der Waals surface area contributed by atoms with Crippen molar-refractivity contribution in [1.29, 1.82) is 0 Å². The Bertz CT molecular complexity index is 666. The standard InChI is InChI=1S/C9H7N3O4S2/c13-8(14)7-9(17-5-11-7)18(15,16)12-6-1-3-10-4-2-6/h1-5H,(H,10,12)(H,13,14). The van der Waals surface area contributed by atoms with Crippen molar-refractivity contribution < 1.29 is 18.3 Å². The predicted octanol–water partition coefficient (Wildman–Crippen LogP) is 1.04. The van der Waals surface area contributed by atoms with Crippen molar-refractivity contribution in [1.82, 2.24) is 9.97 Å². The second-order valence-electron chi connectivity index (χ2n) is 3.13. The Hall–Kier alpha value is -2.00. The molecule has 2 N–H and O–H groups in total. The van der Waals surface area contributed by atoms with Crippen LogP contribution in [0.15, 0.2) is 34.2 Å². The Labute approximate surface area is 106 Å². The number of pyridine rings is 1. The fourth-order valence-corrected chi connectivity index (χ4v) is 3.39. The highest BCUT2D eigenvalue weighted by molar-refractivity contribution is 7.94. The fraction of sp³-hybridized carbons (Fsp3) is 0. The molecule has 0 unspecified atom stereocenters. The number of carbonyl (C=O) groups is 1. The van der Waals surface area contributed by atoms with E-state index in [1.54, 1.807) is 0 Å². The van der Waals surface area contributed by atoms with E-state index in [4.69, 9.17) is 5.11 Å². The lowest BCUT2D eigenvalue weighted by molar-refractivity contribution is 0.0687. The number of nitrogens with one attached hydrogen (secondary N) is 1. The first-order chi connectivity index (χ1) is 8.50. The lowest BCUT2D eigenvalue weighted by Gasteiger charge is -2.05. The third kappa shape index (κ3) is 2.46. The molecule has 0 saturated heterocycles. The first kappa shape index (κ1) is 12.5. The van der Waals surface area contributed by atoms with Crippen LogP contribution in [-0.2, 0) is 10.0 Å². The maximum absolute atomic E-state index is 12.0. The van der Waals surface area contributed by atoms with Gasteiger partial charge in [0.15, 0.2) is 9.90 Å². The average molecular weight is 285 g/mol. The maximum atomic E-state index is 12.0. The van der Waals surface area contributed by atoms with Gasteiger partial charge in [-0.15, -0.1) is 11.3 Å². The van der Waals surface area contributed by atoms with Gasteiger partial charge in [-0.3, -0.25) is 9.71 Å². The number of carboxylic acids is 1. The van der Waals surface area contributed by atoms with Crippen LogP contribution in [0.2, 0.25) is 0 Å². The molecule has 9 heteroatoms. The minimum atomic E-state index is -3.95. The summed E-state index contributed by atoms with van der Waals surface area (Å²) in [5, 5.41) is 8.83. The zero-order valence-corrected chi connectivity index (χ0v) is 10.4. The molecule has 0 aliphatic rings. The van der Waals surface area contributed by atoms with Crippen molar-refractivity contribution in [3.63, 3.8) is 0 Å². The van der Waals surface area contributed by atoms with E-state index in [2.05, 4.69) is 14.7 Å². The molecule has 7 nitrogen and oxygen atoms in total. The number of thiazole rings is 1. The van der Waals surface area contributed by atoms with E-state index in [1.165, 1.54) is 30.0 Å². The molecule has 18 heavy (non-hydrogen) atoms. The lowest BCUT2D eigenvalue weighted by Crippen LogP contribution is -2.15. The van der Waals surface area contributed by atoms with Crippen LogP contribution in [0.4, 0.5) is 5.69 Å². The Balaban J connectivity index is 2.37. The summed E-state index contributed by atoms with van der Waals surface area (Å²) >= 11 is 0.746. The van der Waals surface area contributed by atoms with Gasteiger partial charge in [0.05, 0.1) is 11.2 Å². The molecule has 0 amide bonds. The minimum absolute atomic E-state index is 0.301. The molecule has 2 aromatic rings. The molecular weight excluding hydrogens is 278 g/mol. The normalized spacial score (nSPS) is 11.1. The largest absolute Gasteiger partial charge is 0.476 e. The highest BCUT2D eigenvalue weighted by atomic mass is 32.2. The van der Waals surface area contributed by atoms with Gasteiger partial charge in [-0.1, -0.05) is 0 Å². The summed E-state index contributed by atoms with van der Waals surface area (Å²) in [5.74, 6) is -1.38. The molecule has 2 heterocycles. The van der Waals surface area contributed by atoms with Crippen molar-refractivity contribution in [3.8, 4) is 0 Å². The molecular formula is C9H7N3O4S2. The van der Waals surface area contributed by atoms with Crippen molar-refractivity contribution in [3.05, 3.63) is 35.7 Å². The number of nitrogens with zero attached hydrogens (tertiary/aromatic N) is 2. The minimum Gasteiger partial charge on any atom is -0.476 e. The van der Waals surface area contributed by atoms with Crippen LogP contribution in [0.25, 0.3) is 0 Å². The topological polar surface area (TPSA) is 109 Å². The average Bonchev–Trinajstić information content (AvgIpc) is 2.79. The van der Waals surface area contributed by atoms with Gasteiger partial charge in [0.25, 0.3) is 10.0 Å². The van der Waals surface area contributed by atoms with Crippen molar-refractivity contribution in [2.45, 2.75) is 4.21 Å². The van der Waals surface area contributed by atoms with Gasteiger partial charge in [0.2, 0.25) is 0 Å². The van der Waals surface area contributed by atoms with Crippen molar-refractivity contribution in [2.24, 2.45) is 0 Å². The molecule has 0 aliphatic heterocycles.